The Hall–Kier alpha value is -3.01. The van der Waals surface area contributed by atoms with Gasteiger partial charge in [-0.25, -0.2) is 8.78 Å². The maximum absolute atomic E-state index is 13.3. The first-order chi connectivity index (χ1) is 12.5. The standard InChI is InChI=1S/C17H13F5N2O3/c18-12-7-6-11(8-13(12)19)24-15(26)14(25)23-9-16(27,17(20,21)22)10-4-2-1-3-5-10/h1-8,27H,9H2,(H,23,25)(H,24,26). The predicted octanol–water partition coefficient (Wildman–Crippen LogP) is 2.47. The second kappa shape index (κ2) is 7.70. The summed E-state index contributed by atoms with van der Waals surface area (Å²) in [4.78, 5) is 23.4. The van der Waals surface area contributed by atoms with Crippen molar-refractivity contribution < 1.29 is 36.6 Å². The third-order valence-corrected chi connectivity index (χ3v) is 3.61. The number of hydrogen-bond donors (Lipinski definition) is 3. The van der Waals surface area contributed by atoms with Gasteiger partial charge in [0.05, 0.1) is 6.54 Å². The van der Waals surface area contributed by atoms with E-state index in [-0.39, 0.29) is 5.69 Å². The summed E-state index contributed by atoms with van der Waals surface area (Å²) in [5.74, 6) is -5.39. The average Bonchev–Trinajstić information content (AvgIpc) is 2.62. The van der Waals surface area contributed by atoms with Gasteiger partial charge in [0.1, 0.15) is 0 Å². The molecule has 2 rings (SSSR count). The summed E-state index contributed by atoms with van der Waals surface area (Å²) in [5.41, 5.74) is -4.23. The molecule has 2 amide bonds. The van der Waals surface area contributed by atoms with Crippen LogP contribution in [0.5, 0.6) is 0 Å². The van der Waals surface area contributed by atoms with Crippen LogP contribution in [0.2, 0.25) is 0 Å². The lowest BCUT2D eigenvalue weighted by atomic mass is 9.93. The van der Waals surface area contributed by atoms with Gasteiger partial charge in [-0.05, 0) is 17.7 Å². The van der Waals surface area contributed by atoms with Gasteiger partial charge in [-0.15, -0.1) is 0 Å². The van der Waals surface area contributed by atoms with Crippen molar-refractivity contribution in [2.75, 3.05) is 11.9 Å². The predicted molar refractivity (Wildman–Crippen MR) is 84.4 cm³/mol. The summed E-state index contributed by atoms with van der Waals surface area (Å²) in [7, 11) is 0. The van der Waals surface area contributed by atoms with Crippen LogP contribution in [0.4, 0.5) is 27.6 Å². The summed E-state index contributed by atoms with van der Waals surface area (Å²) >= 11 is 0. The lowest BCUT2D eigenvalue weighted by Gasteiger charge is -2.31. The molecule has 1 unspecified atom stereocenters. The van der Waals surface area contributed by atoms with Crippen molar-refractivity contribution in [3.63, 3.8) is 0 Å². The number of rotatable bonds is 4. The molecule has 0 aliphatic heterocycles. The van der Waals surface area contributed by atoms with E-state index in [4.69, 9.17) is 0 Å². The summed E-state index contributed by atoms with van der Waals surface area (Å²) in [6.45, 7) is -1.33. The van der Waals surface area contributed by atoms with Gasteiger partial charge in [-0.2, -0.15) is 13.2 Å². The monoisotopic (exact) mass is 388 g/mol. The van der Waals surface area contributed by atoms with Crippen molar-refractivity contribution in [2.24, 2.45) is 0 Å². The Labute approximate surface area is 149 Å². The number of nitrogens with one attached hydrogen (secondary N) is 2. The molecule has 0 aromatic heterocycles. The molecular weight excluding hydrogens is 375 g/mol. The van der Waals surface area contributed by atoms with E-state index in [9.17, 15) is 36.6 Å². The van der Waals surface area contributed by atoms with E-state index >= 15 is 0 Å². The number of benzene rings is 2. The smallest absolute Gasteiger partial charge is 0.375 e. The average molecular weight is 388 g/mol. The third kappa shape index (κ3) is 4.59. The number of hydrogen-bond acceptors (Lipinski definition) is 3. The molecule has 2 aromatic rings. The van der Waals surface area contributed by atoms with Gasteiger partial charge in [-0.3, -0.25) is 9.59 Å². The van der Waals surface area contributed by atoms with Gasteiger partial charge in [0.2, 0.25) is 5.60 Å². The van der Waals surface area contributed by atoms with Crippen molar-refractivity contribution in [3.05, 3.63) is 65.7 Å². The molecular formula is C17H13F5N2O3. The molecule has 3 N–H and O–H groups in total. The van der Waals surface area contributed by atoms with Crippen LogP contribution in [-0.2, 0) is 15.2 Å². The summed E-state index contributed by atoms with van der Waals surface area (Å²) in [6, 6.07) is 8.25. The molecule has 0 saturated carbocycles. The van der Waals surface area contributed by atoms with Crippen LogP contribution in [-0.4, -0.2) is 29.6 Å². The van der Waals surface area contributed by atoms with E-state index in [1.54, 1.807) is 5.32 Å². The van der Waals surface area contributed by atoms with Gasteiger partial charge in [-0.1, -0.05) is 30.3 Å². The molecule has 0 saturated heterocycles. The van der Waals surface area contributed by atoms with Gasteiger partial charge < -0.3 is 15.7 Å². The molecule has 0 spiro atoms. The lowest BCUT2D eigenvalue weighted by Crippen LogP contribution is -2.52. The fourth-order valence-corrected chi connectivity index (χ4v) is 2.13. The van der Waals surface area contributed by atoms with Crippen LogP contribution >= 0.6 is 0 Å². The second-order valence-electron chi connectivity index (χ2n) is 5.49. The maximum atomic E-state index is 13.3. The van der Waals surface area contributed by atoms with E-state index in [1.165, 1.54) is 18.2 Å². The molecule has 0 fully saturated rings. The first kappa shape index (κ1) is 20.3. The minimum atomic E-state index is -5.14. The first-order valence-electron chi connectivity index (χ1n) is 7.43. The van der Waals surface area contributed by atoms with Gasteiger partial charge in [0.15, 0.2) is 11.6 Å². The molecule has 0 aliphatic carbocycles. The maximum Gasteiger partial charge on any atom is 0.423 e. The van der Waals surface area contributed by atoms with Crippen LogP contribution < -0.4 is 10.6 Å². The van der Waals surface area contributed by atoms with Crippen molar-refractivity contribution >= 4 is 17.5 Å². The Morgan fingerprint density at radius 3 is 2.11 bits per heavy atom. The lowest BCUT2D eigenvalue weighted by molar-refractivity contribution is -0.264. The number of carbonyl (C=O) groups is 2. The second-order valence-corrected chi connectivity index (χ2v) is 5.49. The number of alkyl halides is 3. The van der Waals surface area contributed by atoms with E-state index in [0.29, 0.717) is 12.1 Å². The van der Waals surface area contributed by atoms with Crippen LogP contribution in [0, 0.1) is 11.6 Å². The highest BCUT2D eigenvalue weighted by Crippen LogP contribution is 2.38. The van der Waals surface area contributed by atoms with E-state index in [0.717, 1.165) is 18.2 Å². The molecule has 144 valence electrons. The molecule has 0 heterocycles. The molecule has 0 bridgehead atoms. The largest absolute Gasteiger partial charge is 0.423 e. The molecule has 0 aliphatic rings. The van der Waals surface area contributed by atoms with E-state index in [2.05, 4.69) is 0 Å². The van der Waals surface area contributed by atoms with Crippen molar-refractivity contribution in [1.82, 2.24) is 5.32 Å². The summed E-state index contributed by atoms with van der Waals surface area (Å²) in [5, 5.41) is 13.6. The summed E-state index contributed by atoms with van der Waals surface area (Å²) in [6.07, 6.45) is -5.14. The molecule has 1 atom stereocenters. The fourth-order valence-electron chi connectivity index (χ4n) is 2.13. The number of amides is 2. The van der Waals surface area contributed by atoms with Crippen LogP contribution in [0.3, 0.4) is 0 Å². The zero-order valence-electron chi connectivity index (χ0n) is 13.5. The topological polar surface area (TPSA) is 78.4 Å². The minimum Gasteiger partial charge on any atom is -0.375 e. The number of halogens is 5. The highest BCUT2D eigenvalue weighted by molar-refractivity contribution is 6.39. The molecule has 10 heteroatoms. The highest BCUT2D eigenvalue weighted by Gasteiger charge is 2.55. The number of anilines is 1. The van der Waals surface area contributed by atoms with Crippen LogP contribution in [0.1, 0.15) is 5.56 Å². The Kier molecular flexibility index (Phi) is 5.79. The molecule has 2 aromatic carbocycles. The number of aliphatic hydroxyl groups is 1. The minimum absolute atomic E-state index is 0.275. The number of carbonyl (C=O) groups excluding carboxylic acids is 2. The Morgan fingerprint density at radius 1 is 0.926 bits per heavy atom. The van der Waals surface area contributed by atoms with Crippen LogP contribution in [0.15, 0.2) is 48.5 Å². The Balaban J connectivity index is 2.09. The van der Waals surface area contributed by atoms with Crippen molar-refractivity contribution in [1.29, 1.82) is 0 Å². The molecule has 5 nitrogen and oxygen atoms in total. The summed E-state index contributed by atoms with van der Waals surface area (Å²) < 4.78 is 65.8. The van der Waals surface area contributed by atoms with Gasteiger partial charge in [0.25, 0.3) is 0 Å². The Morgan fingerprint density at radius 2 is 1.56 bits per heavy atom. The third-order valence-electron chi connectivity index (χ3n) is 3.61. The zero-order chi connectivity index (χ0) is 20.2. The van der Waals surface area contributed by atoms with E-state index < -0.39 is 47.3 Å². The first-order valence-corrected chi connectivity index (χ1v) is 7.43. The van der Waals surface area contributed by atoms with Crippen molar-refractivity contribution in [3.8, 4) is 0 Å². The van der Waals surface area contributed by atoms with Gasteiger partial charge in [0, 0.05) is 11.8 Å². The van der Waals surface area contributed by atoms with Gasteiger partial charge >= 0.3 is 18.0 Å². The molecule has 0 radical (unpaired) electrons. The van der Waals surface area contributed by atoms with Crippen molar-refractivity contribution in [2.45, 2.75) is 11.8 Å². The molecule has 27 heavy (non-hydrogen) atoms. The highest BCUT2D eigenvalue weighted by atomic mass is 19.4. The van der Waals surface area contributed by atoms with E-state index in [1.807, 2.05) is 5.32 Å². The fraction of sp³-hybridized carbons (Fsp3) is 0.176. The van der Waals surface area contributed by atoms with Crippen LogP contribution in [0.25, 0.3) is 0 Å². The Bertz CT molecular complexity index is 842. The normalized spacial score (nSPS) is 13.6. The zero-order valence-corrected chi connectivity index (χ0v) is 13.5. The SMILES string of the molecule is O=C(NCC(O)(c1ccccc1)C(F)(F)F)C(=O)Nc1ccc(F)c(F)c1. The quantitative estimate of drug-likeness (QED) is 0.556.